The maximum atomic E-state index is 11.2. The average Bonchev–Trinajstić information content (AvgIpc) is 2.54. The van der Waals surface area contributed by atoms with Crippen molar-refractivity contribution in [2.24, 2.45) is 5.92 Å². The van der Waals surface area contributed by atoms with Crippen LogP contribution < -0.4 is 4.74 Å². The van der Waals surface area contributed by atoms with Crippen molar-refractivity contribution >= 4 is 11.9 Å². The van der Waals surface area contributed by atoms with E-state index in [9.17, 15) is 14.7 Å². The summed E-state index contributed by atoms with van der Waals surface area (Å²) in [6.07, 6.45) is -0.206. The van der Waals surface area contributed by atoms with Crippen LogP contribution in [0.15, 0.2) is 42.5 Å². The van der Waals surface area contributed by atoms with Crippen LogP contribution in [0.5, 0.6) is 5.75 Å². The molecule has 0 radical (unpaired) electrons. The fraction of sp³-hybridized carbons (Fsp3) is 0.300. The lowest BCUT2D eigenvalue weighted by molar-refractivity contribution is -0.148. The van der Waals surface area contributed by atoms with Crippen LogP contribution in [0, 0.1) is 19.8 Å². The Morgan fingerprint density at radius 3 is 2.12 bits per heavy atom. The Bertz CT molecular complexity index is 729. The SMILES string of the molecule is Cc1cc(C[C@@H](CC(=O)O)C(=O)O)cc(C)c1OCc1ccccc1. The van der Waals surface area contributed by atoms with Gasteiger partial charge in [0.2, 0.25) is 0 Å². The standard InChI is InChI=1S/C20H22O5/c1-13-8-16(10-17(20(23)24)11-18(21)22)9-14(2)19(13)25-12-15-6-4-3-5-7-15/h3-9,17H,10-12H2,1-2H3,(H,21,22)(H,23,24)/t17-/m0/s1. The summed E-state index contributed by atoms with van der Waals surface area (Å²) in [6, 6.07) is 13.6. The van der Waals surface area contributed by atoms with Gasteiger partial charge in [0, 0.05) is 0 Å². The summed E-state index contributed by atoms with van der Waals surface area (Å²) in [5.74, 6) is -2.36. The molecule has 25 heavy (non-hydrogen) atoms. The van der Waals surface area contributed by atoms with Crippen molar-refractivity contribution in [3.05, 3.63) is 64.7 Å². The number of benzene rings is 2. The van der Waals surface area contributed by atoms with E-state index in [2.05, 4.69) is 0 Å². The van der Waals surface area contributed by atoms with E-state index < -0.39 is 17.9 Å². The third kappa shape index (κ3) is 5.35. The van der Waals surface area contributed by atoms with Crippen LogP contribution in [-0.4, -0.2) is 22.2 Å². The summed E-state index contributed by atoms with van der Waals surface area (Å²) >= 11 is 0. The first-order valence-corrected chi connectivity index (χ1v) is 8.08. The van der Waals surface area contributed by atoms with Crippen LogP contribution >= 0.6 is 0 Å². The highest BCUT2D eigenvalue weighted by Gasteiger charge is 2.22. The normalized spacial score (nSPS) is 11.8. The quantitative estimate of drug-likeness (QED) is 0.766. The number of carboxylic acid groups (broad SMARTS) is 2. The summed E-state index contributed by atoms with van der Waals surface area (Å²) in [4.78, 5) is 22.1. The van der Waals surface area contributed by atoms with Crippen molar-refractivity contribution in [3.63, 3.8) is 0 Å². The highest BCUT2D eigenvalue weighted by atomic mass is 16.5. The second-order valence-electron chi connectivity index (χ2n) is 6.17. The van der Waals surface area contributed by atoms with Gasteiger partial charge in [0.15, 0.2) is 0 Å². The van der Waals surface area contributed by atoms with Crippen LogP contribution in [0.1, 0.15) is 28.7 Å². The molecule has 0 fully saturated rings. The molecule has 0 bridgehead atoms. The number of aliphatic carboxylic acids is 2. The van der Waals surface area contributed by atoms with Crippen molar-refractivity contribution in [3.8, 4) is 5.75 Å². The van der Waals surface area contributed by atoms with Crippen LogP contribution in [-0.2, 0) is 22.6 Å². The first-order chi connectivity index (χ1) is 11.9. The minimum Gasteiger partial charge on any atom is -0.488 e. The molecule has 0 amide bonds. The highest BCUT2D eigenvalue weighted by Crippen LogP contribution is 2.27. The van der Waals surface area contributed by atoms with Crippen LogP contribution in [0.4, 0.5) is 0 Å². The van der Waals surface area contributed by atoms with Gasteiger partial charge in [0.1, 0.15) is 12.4 Å². The number of hydrogen-bond acceptors (Lipinski definition) is 3. The molecule has 0 saturated carbocycles. The molecular weight excluding hydrogens is 320 g/mol. The molecule has 2 aromatic carbocycles. The molecule has 0 saturated heterocycles. The van der Waals surface area contributed by atoms with E-state index in [-0.39, 0.29) is 12.8 Å². The van der Waals surface area contributed by atoms with Gasteiger partial charge >= 0.3 is 11.9 Å². The molecule has 2 N–H and O–H groups in total. The Balaban J connectivity index is 2.13. The van der Waals surface area contributed by atoms with Gasteiger partial charge < -0.3 is 14.9 Å². The molecule has 0 aromatic heterocycles. The van der Waals surface area contributed by atoms with E-state index in [1.54, 1.807) is 0 Å². The van der Waals surface area contributed by atoms with Crippen molar-refractivity contribution in [2.45, 2.75) is 33.3 Å². The zero-order chi connectivity index (χ0) is 18.4. The zero-order valence-corrected chi connectivity index (χ0v) is 14.4. The second kappa shape index (κ2) is 8.33. The molecule has 5 heteroatoms. The van der Waals surface area contributed by atoms with Gasteiger partial charge in [-0.25, -0.2) is 0 Å². The second-order valence-corrected chi connectivity index (χ2v) is 6.17. The predicted octanol–water partition coefficient (Wildman–Crippen LogP) is 3.60. The first kappa shape index (κ1) is 18.5. The largest absolute Gasteiger partial charge is 0.488 e. The maximum absolute atomic E-state index is 11.2. The summed E-state index contributed by atoms with van der Waals surface area (Å²) in [5.41, 5.74) is 3.68. The topological polar surface area (TPSA) is 83.8 Å². The molecule has 0 spiro atoms. The molecule has 2 aromatic rings. The summed E-state index contributed by atoms with van der Waals surface area (Å²) in [7, 11) is 0. The molecule has 0 unspecified atom stereocenters. The number of carbonyl (C=O) groups is 2. The summed E-state index contributed by atoms with van der Waals surface area (Å²) in [5, 5.41) is 18.1. The zero-order valence-electron chi connectivity index (χ0n) is 14.4. The monoisotopic (exact) mass is 342 g/mol. The van der Waals surface area contributed by atoms with Crippen LogP contribution in [0.2, 0.25) is 0 Å². The van der Waals surface area contributed by atoms with Gasteiger partial charge in [-0.15, -0.1) is 0 Å². The van der Waals surface area contributed by atoms with Gasteiger partial charge in [-0.3, -0.25) is 9.59 Å². The Morgan fingerprint density at radius 2 is 1.60 bits per heavy atom. The highest BCUT2D eigenvalue weighted by molar-refractivity contribution is 5.78. The minimum atomic E-state index is -1.11. The van der Waals surface area contributed by atoms with Gasteiger partial charge in [-0.1, -0.05) is 42.5 Å². The van der Waals surface area contributed by atoms with Crippen molar-refractivity contribution in [1.82, 2.24) is 0 Å². The van der Waals surface area contributed by atoms with Gasteiger partial charge in [0.25, 0.3) is 0 Å². The van der Waals surface area contributed by atoms with Gasteiger partial charge in [0.05, 0.1) is 12.3 Å². The lowest BCUT2D eigenvalue weighted by atomic mass is 9.94. The Labute approximate surface area is 146 Å². The Hall–Kier alpha value is -2.82. The Kier molecular flexibility index (Phi) is 6.17. The maximum Gasteiger partial charge on any atom is 0.307 e. The fourth-order valence-electron chi connectivity index (χ4n) is 2.86. The number of hydrogen-bond donors (Lipinski definition) is 2. The number of aryl methyl sites for hydroxylation is 2. The summed E-state index contributed by atoms with van der Waals surface area (Å²) < 4.78 is 5.92. The van der Waals surface area contributed by atoms with Gasteiger partial charge in [-0.05, 0) is 42.5 Å². The van der Waals surface area contributed by atoms with E-state index in [0.29, 0.717) is 6.61 Å². The first-order valence-electron chi connectivity index (χ1n) is 8.08. The molecule has 0 heterocycles. The molecule has 1 atom stereocenters. The number of rotatable bonds is 8. The van der Waals surface area contributed by atoms with Crippen LogP contribution in [0.25, 0.3) is 0 Å². The molecule has 0 aliphatic carbocycles. The molecule has 2 rings (SSSR count). The van der Waals surface area contributed by atoms with Crippen molar-refractivity contribution in [2.75, 3.05) is 0 Å². The van der Waals surface area contributed by atoms with Crippen molar-refractivity contribution in [1.29, 1.82) is 0 Å². The van der Waals surface area contributed by atoms with E-state index in [4.69, 9.17) is 9.84 Å². The Morgan fingerprint density at radius 1 is 1.00 bits per heavy atom. The molecule has 132 valence electrons. The van der Waals surface area contributed by atoms with Crippen molar-refractivity contribution < 1.29 is 24.5 Å². The third-order valence-electron chi connectivity index (χ3n) is 4.00. The lowest BCUT2D eigenvalue weighted by Crippen LogP contribution is -2.20. The molecule has 0 aliphatic rings. The summed E-state index contributed by atoms with van der Waals surface area (Å²) in [6.45, 7) is 4.27. The molecular formula is C20H22O5. The smallest absolute Gasteiger partial charge is 0.307 e. The van der Waals surface area contributed by atoms with E-state index in [1.165, 1.54) is 0 Å². The predicted molar refractivity (Wildman–Crippen MR) is 93.8 cm³/mol. The molecule has 5 nitrogen and oxygen atoms in total. The van der Waals surface area contributed by atoms with E-state index in [0.717, 1.165) is 28.0 Å². The fourth-order valence-corrected chi connectivity index (χ4v) is 2.86. The minimum absolute atomic E-state index is 0.183. The van der Waals surface area contributed by atoms with Gasteiger partial charge in [-0.2, -0.15) is 0 Å². The van der Waals surface area contributed by atoms with Crippen LogP contribution in [0.3, 0.4) is 0 Å². The number of carboxylic acids is 2. The number of ether oxygens (including phenoxy) is 1. The molecule has 0 aliphatic heterocycles. The third-order valence-corrected chi connectivity index (χ3v) is 4.00. The average molecular weight is 342 g/mol. The van der Waals surface area contributed by atoms with E-state index >= 15 is 0 Å². The van der Waals surface area contributed by atoms with E-state index in [1.807, 2.05) is 56.3 Å². The lowest BCUT2D eigenvalue weighted by Gasteiger charge is -2.16.